The van der Waals surface area contributed by atoms with Gasteiger partial charge in [0, 0.05) is 22.0 Å². The van der Waals surface area contributed by atoms with E-state index in [9.17, 15) is 23.1 Å². The van der Waals surface area contributed by atoms with Crippen molar-refractivity contribution >= 4 is 44.9 Å². The van der Waals surface area contributed by atoms with E-state index in [4.69, 9.17) is 23.2 Å². The van der Waals surface area contributed by atoms with Gasteiger partial charge in [-0.15, -0.1) is 0 Å². The van der Waals surface area contributed by atoms with Crippen LogP contribution in [0.1, 0.15) is 76.5 Å². The summed E-state index contributed by atoms with van der Waals surface area (Å²) in [5.41, 5.74) is 0.440. The summed E-state index contributed by atoms with van der Waals surface area (Å²) in [5.74, 6) is -1.94. The topological polar surface area (TPSA) is 91.8 Å². The van der Waals surface area contributed by atoms with E-state index in [-0.39, 0.29) is 30.4 Å². The third-order valence-corrected chi connectivity index (χ3v) is 10.5. The second-order valence-electron chi connectivity index (χ2n) is 10.3. The zero-order valence-corrected chi connectivity index (χ0v) is 24.0. The molecular formula is C28H35Cl2NO5S. The molecule has 2 aromatic carbocycles. The molecule has 1 heterocycles. The largest absolute Gasteiger partial charge is 0.481 e. The molecule has 0 bridgehead atoms. The molecule has 0 aromatic heterocycles. The van der Waals surface area contributed by atoms with Crippen molar-refractivity contribution in [1.82, 2.24) is 4.90 Å². The van der Waals surface area contributed by atoms with Crippen molar-refractivity contribution in [3.8, 4) is 0 Å². The minimum atomic E-state index is -3.51. The molecule has 1 amide bonds. The zero-order chi connectivity index (χ0) is 27.5. The van der Waals surface area contributed by atoms with Crippen LogP contribution in [-0.2, 0) is 19.4 Å². The number of aliphatic carboxylic acids is 1. The number of sulfone groups is 1. The van der Waals surface area contributed by atoms with Gasteiger partial charge in [-0.05, 0) is 61.6 Å². The van der Waals surface area contributed by atoms with Crippen molar-refractivity contribution < 1.29 is 23.1 Å². The van der Waals surface area contributed by atoms with Gasteiger partial charge in [0.1, 0.15) is 0 Å². The number of amides is 1. The highest BCUT2D eigenvalue weighted by atomic mass is 35.5. The number of halogens is 2. The monoisotopic (exact) mass is 567 g/mol. The van der Waals surface area contributed by atoms with Crippen LogP contribution in [-0.4, -0.2) is 47.3 Å². The number of piperidine rings is 1. The predicted octanol–water partition coefficient (Wildman–Crippen LogP) is 6.52. The molecule has 2 aromatic rings. The van der Waals surface area contributed by atoms with Crippen molar-refractivity contribution in [1.29, 1.82) is 0 Å². The van der Waals surface area contributed by atoms with Crippen LogP contribution in [0.3, 0.4) is 0 Å². The number of benzene rings is 2. The molecule has 9 heteroatoms. The zero-order valence-electron chi connectivity index (χ0n) is 21.7. The van der Waals surface area contributed by atoms with Crippen molar-refractivity contribution in [3.05, 3.63) is 69.7 Å². The fraction of sp³-hybridized carbons (Fsp3) is 0.500. The summed E-state index contributed by atoms with van der Waals surface area (Å²) < 4.78 is 26.5. The molecule has 37 heavy (non-hydrogen) atoms. The first-order valence-electron chi connectivity index (χ1n) is 12.6. The maximum absolute atomic E-state index is 14.2. The maximum Gasteiger partial charge on any atom is 0.304 e. The Morgan fingerprint density at radius 1 is 1.08 bits per heavy atom. The number of rotatable bonds is 10. The first-order chi connectivity index (χ1) is 17.3. The number of carbonyl (C=O) groups is 2. The smallest absolute Gasteiger partial charge is 0.304 e. The fourth-order valence-corrected chi connectivity index (χ4v) is 7.46. The van der Waals surface area contributed by atoms with Gasteiger partial charge >= 0.3 is 5.97 Å². The third kappa shape index (κ3) is 6.50. The normalized spacial score (nSPS) is 24.1. The second-order valence-corrected chi connectivity index (χ2v) is 13.7. The number of likely N-dealkylation sites (tertiary alicyclic amines) is 1. The molecule has 0 spiro atoms. The minimum Gasteiger partial charge on any atom is -0.481 e. The number of carboxylic acid groups (broad SMARTS) is 1. The number of nitrogens with zero attached hydrogens (tertiary/aromatic N) is 1. The number of carboxylic acids is 1. The molecule has 2 unspecified atom stereocenters. The molecule has 6 nitrogen and oxygen atoms in total. The van der Waals surface area contributed by atoms with E-state index in [1.165, 1.54) is 0 Å². The molecule has 0 saturated carbocycles. The molecule has 0 radical (unpaired) electrons. The standard InChI is InChI=1S/C28H35Cl2NO5S/c1-5-18(3)37(35,36)17-23(6-2)31-26(19-10-12-21(29)13-11-19)24(20-8-7-9-22(30)14-20)15-28(4,27(31)34)16-25(32)33/h7-14,18,23-24,26H,5-6,15-17H2,1-4H3,(H,32,33)/t18?,23?,24-,26-,28-/m1/s1. The molecule has 0 aliphatic carbocycles. The molecular weight excluding hydrogens is 533 g/mol. The Kier molecular flexibility index (Phi) is 9.36. The van der Waals surface area contributed by atoms with Crippen molar-refractivity contribution in [2.45, 2.75) is 76.6 Å². The van der Waals surface area contributed by atoms with E-state index in [0.29, 0.717) is 22.9 Å². The lowest BCUT2D eigenvalue weighted by atomic mass is 9.67. The molecule has 1 fully saturated rings. The summed E-state index contributed by atoms with van der Waals surface area (Å²) in [6.45, 7) is 7.04. The van der Waals surface area contributed by atoms with E-state index < -0.39 is 38.6 Å². The average Bonchev–Trinajstić information content (AvgIpc) is 2.83. The molecule has 3 rings (SSSR count). The summed E-state index contributed by atoms with van der Waals surface area (Å²) in [5, 5.41) is 10.3. The SMILES string of the molecule is CCC(CS(=O)(=O)C(C)CC)N1C(=O)[C@@](C)(CC(=O)O)C[C@H](c2cccc(Cl)c2)[C@H]1c1ccc(Cl)cc1. The van der Waals surface area contributed by atoms with Crippen LogP contribution in [0, 0.1) is 5.41 Å². The van der Waals surface area contributed by atoms with E-state index in [1.54, 1.807) is 36.9 Å². The fourth-order valence-electron chi connectivity index (χ4n) is 5.36. The minimum absolute atomic E-state index is 0.195. The number of hydrogen-bond donors (Lipinski definition) is 1. The van der Waals surface area contributed by atoms with Crippen molar-refractivity contribution in [3.63, 3.8) is 0 Å². The summed E-state index contributed by atoms with van der Waals surface area (Å²) in [7, 11) is -3.51. The Balaban J connectivity index is 2.25. The van der Waals surface area contributed by atoms with Gasteiger partial charge in [0.05, 0.1) is 28.9 Å². The van der Waals surface area contributed by atoms with Gasteiger partial charge in [-0.3, -0.25) is 9.59 Å². The Labute approximate surface area is 229 Å². The molecule has 1 saturated heterocycles. The molecule has 1 N–H and O–H groups in total. The van der Waals surface area contributed by atoms with Gasteiger partial charge < -0.3 is 10.0 Å². The lowest BCUT2D eigenvalue weighted by Crippen LogP contribution is -2.57. The molecule has 5 atom stereocenters. The van der Waals surface area contributed by atoms with Gasteiger partial charge in [-0.25, -0.2) is 8.42 Å². The Morgan fingerprint density at radius 3 is 2.27 bits per heavy atom. The van der Waals surface area contributed by atoms with Crippen LogP contribution in [0.2, 0.25) is 10.0 Å². The Hall–Kier alpha value is -2.09. The van der Waals surface area contributed by atoms with Gasteiger partial charge in [-0.1, -0.05) is 68.2 Å². The number of carbonyl (C=O) groups excluding carboxylic acids is 1. The summed E-state index contributed by atoms with van der Waals surface area (Å²) in [6.07, 6.45) is 0.782. The van der Waals surface area contributed by atoms with E-state index in [0.717, 1.165) is 11.1 Å². The Morgan fingerprint density at radius 2 is 1.73 bits per heavy atom. The lowest BCUT2D eigenvalue weighted by molar-refractivity contribution is -0.160. The number of hydrogen-bond acceptors (Lipinski definition) is 4. The van der Waals surface area contributed by atoms with E-state index in [2.05, 4.69) is 0 Å². The first kappa shape index (κ1) is 29.5. The van der Waals surface area contributed by atoms with Gasteiger partial charge in [-0.2, -0.15) is 0 Å². The Bertz CT molecular complexity index is 1230. The quantitative estimate of drug-likeness (QED) is 0.352. The molecule has 1 aliphatic rings. The average molecular weight is 569 g/mol. The second kappa shape index (κ2) is 11.7. The highest BCUT2D eigenvalue weighted by Crippen LogP contribution is 2.52. The van der Waals surface area contributed by atoms with Gasteiger partial charge in [0.25, 0.3) is 0 Å². The highest BCUT2D eigenvalue weighted by molar-refractivity contribution is 7.92. The lowest BCUT2D eigenvalue weighted by Gasteiger charge is -2.52. The van der Waals surface area contributed by atoms with E-state index in [1.807, 2.05) is 44.2 Å². The molecule has 202 valence electrons. The maximum atomic E-state index is 14.2. The van der Waals surface area contributed by atoms with Crippen LogP contribution < -0.4 is 0 Å². The first-order valence-corrected chi connectivity index (χ1v) is 15.1. The van der Waals surface area contributed by atoms with Crippen molar-refractivity contribution in [2.24, 2.45) is 5.41 Å². The predicted molar refractivity (Wildman–Crippen MR) is 148 cm³/mol. The van der Waals surface area contributed by atoms with Crippen LogP contribution in [0.4, 0.5) is 0 Å². The van der Waals surface area contributed by atoms with Crippen LogP contribution in [0.25, 0.3) is 0 Å². The van der Waals surface area contributed by atoms with Crippen LogP contribution in [0.15, 0.2) is 48.5 Å². The van der Waals surface area contributed by atoms with Gasteiger partial charge in [0.2, 0.25) is 5.91 Å². The summed E-state index contributed by atoms with van der Waals surface area (Å²) >= 11 is 12.5. The summed E-state index contributed by atoms with van der Waals surface area (Å²) in [4.78, 5) is 27.8. The van der Waals surface area contributed by atoms with Crippen molar-refractivity contribution in [2.75, 3.05) is 5.75 Å². The third-order valence-electron chi connectivity index (χ3n) is 7.61. The van der Waals surface area contributed by atoms with Gasteiger partial charge in [0.15, 0.2) is 9.84 Å². The van der Waals surface area contributed by atoms with Crippen LogP contribution in [0.5, 0.6) is 0 Å². The molecule has 1 aliphatic heterocycles. The highest BCUT2D eigenvalue weighted by Gasteiger charge is 2.52. The van der Waals surface area contributed by atoms with Crippen LogP contribution >= 0.6 is 23.2 Å². The van der Waals surface area contributed by atoms with E-state index >= 15 is 0 Å². The summed E-state index contributed by atoms with van der Waals surface area (Å²) in [6, 6.07) is 13.4.